The molecule has 1 aliphatic heterocycles. The van der Waals surface area contributed by atoms with Crippen LogP contribution < -0.4 is 20.7 Å². The Morgan fingerprint density at radius 2 is 2.10 bits per heavy atom. The summed E-state index contributed by atoms with van der Waals surface area (Å²) < 4.78 is 6.89. The van der Waals surface area contributed by atoms with Crippen molar-refractivity contribution in [3.63, 3.8) is 0 Å². The van der Waals surface area contributed by atoms with Crippen molar-refractivity contribution in [1.29, 1.82) is 0 Å². The molecule has 1 aliphatic rings. The molecule has 1 saturated heterocycles. The monoisotopic (exact) mass is 396 g/mol. The van der Waals surface area contributed by atoms with E-state index in [-0.39, 0.29) is 18.0 Å². The number of piperazine rings is 1. The number of benzene rings is 1. The van der Waals surface area contributed by atoms with Crippen molar-refractivity contribution in [2.45, 2.75) is 19.9 Å². The van der Waals surface area contributed by atoms with Crippen molar-refractivity contribution in [1.82, 2.24) is 24.5 Å². The number of urea groups is 1. The Kier molecular flexibility index (Phi) is 4.83. The SMILES string of the molecule is COc1ccc(NC(=O)N2CCN(c3nc(N)nc4ccnn34)[C@@H](C)C2)c(C)c1. The van der Waals surface area contributed by atoms with E-state index in [0.29, 0.717) is 31.2 Å². The maximum absolute atomic E-state index is 12.8. The second-order valence-electron chi connectivity index (χ2n) is 7.08. The first-order valence-corrected chi connectivity index (χ1v) is 9.40. The second kappa shape index (κ2) is 7.46. The normalized spacial score (nSPS) is 16.9. The number of methoxy groups -OCH3 is 1. The van der Waals surface area contributed by atoms with Gasteiger partial charge in [-0.1, -0.05) is 0 Å². The minimum absolute atomic E-state index is 0.0353. The molecule has 1 aromatic carbocycles. The summed E-state index contributed by atoms with van der Waals surface area (Å²) in [5.41, 5.74) is 8.22. The lowest BCUT2D eigenvalue weighted by atomic mass is 10.2. The first-order chi connectivity index (χ1) is 14.0. The maximum atomic E-state index is 12.8. The number of carbonyl (C=O) groups is 1. The van der Waals surface area contributed by atoms with Crippen LogP contribution in [0.25, 0.3) is 5.65 Å². The van der Waals surface area contributed by atoms with Crippen LogP contribution in [0.1, 0.15) is 12.5 Å². The Balaban J connectivity index is 1.47. The molecule has 0 bridgehead atoms. The van der Waals surface area contributed by atoms with Crippen LogP contribution in [-0.4, -0.2) is 63.3 Å². The summed E-state index contributed by atoms with van der Waals surface area (Å²) in [6.07, 6.45) is 1.67. The van der Waals surface area contributed by atoms with Gasteiger partial charge < -0.3 is 25.6 Å². The molecular formula is C19H24N8O2. The van der Waals surface area contributed by atoms with E-state index in [2.05, 4.69) is 25.3 Å². The molecule has 2 amide bonds. The number of hydrogen-bond donors (Lipinski definition) is 2. The van der Waals surface area contributed by atoms with Crippen molar-refractivity contribution < 1.29 is 9.53 Å². The van der Waals surface area contributed by atoms with Crippen LogP contribution in [-0.2, 0) is 0 Å². The lowest BCUT2D eigenvalue weighted by Gasteiger charge is -2.40. The Morgan fingerprint density at radius 3 is 2.83 bits per heavy atom. The zero-order chi connectivity index (χ0) is 20.5. The fourth-order valence-corrected chi connectivity index (χ4v) is 3.55. The highest BCUT2D eigenvalue weighted by Crippen LogP contribution is 2.23. The number of rotatable bonds is 3. The third-order valence-corrected chi connectivity index (χ3v) is 5.10. The van der Waals surface area contributed by atoms with E-state index < -0.39 is 0 Å². The highest BCUT2D eigenvalue weighted by molar-refractivity contribution is 5.90. The van der Waals surface area contributed by atoms with Crippen LogP contribution in [0.3, 0.4) is 0 Å². The van der Waals surface area contributed by atoms with Gasteiger partial charge in [0.05, 0.1) is 13.3 Å². The lowest BCUT2D eigenvalue weighted by molar-refractivity contribution is 0.199. The molecular weight excluding hydrogens is 372 g/mol. The van der Waals surface area contributed by atoms with Gasteiger partial charge in [0, 0.05) is 37.4 Å². The highest BCUT2D eigenvalue weighted by atomic mass is 16.5. The zero-order valence-corrected chi connectivity index (χ0v) is 16.7. The summed E-state index contributed by atoms with van der Waals surface area (Å²) >= 11 is 0. The molecule has 3 heterocycles. The lowest BCUT2D eigenvalue weighted by Crippen LogP contribution is -2.55. The number of nitrogens with zero attached hydrogens (tertiary/aromatic N) is 6. The molecule has 10 nitrogen and oxygen atoms in total. The maximum Gasteiger partial charge on any atom is 0.321 e. The molecule has 29 heavy (non-hydrogen) atoms. The van der Waals surface area contributed by atoms with Crippen LogP contribution in [0.4, 0.5) is 22.4 Å². The number of amides is 2. The van der Waals surface area contributed by atoms with Crippen molar-refractivity contribution in [2.75, 3.05) is 42.7 Å². The largest absolute Gasteiger partial charge is 0.497 e. The zero-order valence-electron chi connectivity index (χ0n) is 16.7. The van der Waals surface area contributed by atoms with Gasteiger partial charge in [0.15, 0.2) is 5.65 Å². The Labute approximate surface area is 168 Å². The summed E-state index contributed by atoms with van der Waals surface area (Å²) in [6, 6.07) is 7.27. The molecule has 1 atom stereocenters. The van der Waals surface area contributed by atoms with Crippen LogP contribution in [0.2, 0.25) is 0 Å². The number of aryl methyl sites for hydroxylation is 1. The van der Waals surface area contributed by atoms with Crippen molar-refractivity contribution >= 4 is 29.3 Å². The summed E-state index contributed by atoms with van der Waals surface area (Å²) in [4.78, 5) is 25.2. The molecule has 10 heteroatoms. The molecule has 0 saturated carbocycles. The molecule has 3 N–H and O–H groups in total. The Hall–Kier alpha value is -3.56. The van der Waals surface area contributed by atoms with Crippen molar-refractivity contribution in [2.24, 2.45) is 0 Å². The predicted octanol–water partition coefficient (Wildman–Crippen LogP) is 1.77. The molecule has 2 aromatic heterocycles. The van der Waals surface area contributed by atoms with E-state index in [1.54, 1.807) is 28.8 Å². The smallest absolute Gasteiger partial charge is 0.321 e. The van der Waals surface area contributed by atoms with E-state index in [4.69, 9.17) is 10.5 Å². The van der Waals surface area contributed by atoms with E-state index in [0.717, 1.165) is 17.0 Å². The van der Waals surface area contributed by atoms with Gasteiger partial charge in [-0.25, -0.2) is 4.79 Å². The molecule has 0 aliphatic carbocycles. The minimum Gasteiger partial charge on any atom is -0.497 e. The number of carbonyl (C=O) groups excluding carboxylic acids is 1. The van der Waals surface area contributed by atoms with E-state index in [1.807, 2.05) is 32.0 Å². The van der Waals surface area contributed by atoms with Gasteiger partial charge in [-0.05, 0) is 37.6 Å². The Morgan fingerprint density at radius 1 is 1.28 bits per heavy atom. The number of ether oxygens (including phenoxy) is 1. The molecule has 1 fully saturated rings. The van der Waals surface area contributed by atoms with E-state index in [1.165, 1.54) is 0 Å². The average molecular weight is 396 g/mol. The summed E-state index contributed by atoms with van der Waals surface area (Å²) in [5.74, 6) is 1.60. The van der Waals surface area contributed by atoms with Gasteiger partial charge in [-0.3, -0.25) is 0 Å². The number of hydrogen-bond acceptors (Lipinski definition) is 7. The molecule has 152 valence electrons. The Bertz CT molecular complexity index is 1050. The second-order valence-corrected chi connectivity index (χ2v) is 7.08. The average Bonchev–Trinajstić information content (AvgIpc) is 3.17. The fourth-order valence-electron chi connectivity index (χ4n) is 3.55. The number of nitrogens with two attached hydrogens (primary N) is 1. The van der Waals surface area contributed by atoms with Gasteiger partial charge in [0.25, 0.3) is 0 Å². The summed E-state index contributed by atoms with van der Waals surface area (Å²) in [5, 5.41) is 7.29. The quantitative estimate of drug-likeness (QED) is 0.693. The van der Waals surface area contributed by atoms with Crippen molar-refractivity contribution in [3.8, 4) is 5.75 Å². The van der Waals surface area contributed by atoms with Crippen LogP contribution in [0.15, 0.2) is 30.5 Å². The number of aromatic nitrogens is 4. The molecule has 0 radical (unpaired) electrons. The van der Waals surface area contributed by atoms with Crippen LogP contribution >= 0.6 is 0 Å². The third-order valence-electron chi connectivity index (χ3n) is 5.10. The van der Waals surface area contributed by atoms with Gasteiger partial charge in [0.2, 0.25) is 11.9 Å². The van der Waals surface area contributed by atoms with Crippen molar-refractivity contribution in [3.05, 3.63) is 36.0 Å². The fraction of sp³-hybridized carbons (Fsp3) is 0.368. The standard InChI is InChI=1S/C19H24N8O2/c1-12-10-14(29-3)4-5-15(12)22-19(28)25-8-9-26(13(2)11-25)18-24-17(20)23-16-6-7-21-27(16)18/h4-7,10,13H,8-9,11H2,1-3H3,(H2,20,23)(H,22,28)/t13-/m0/s1. The van der Waals surface area contributed by atoms with E-state index >= 15 is 0 Å². The molecule has 0 unspecified atom stereocenters. The summed E-state index contributed by atoms with van der Waals surface area (Å²) in [6.45, 7) is 5.70. The predicted molar refractivity (Wildman–Crippen MR) is 110 cm³/mol. The molecule has 4 rings (SSSR count). The number of nitrogen functional groups attached to an aromatic ring is 1. The van der Waals surface area contributed by atoms with Crippen LogP contribution in [0, 0.1) is 6.92 Å². The molecule has 0 spiro atoms. The first-order valence-electron chi connectivity index (χ1n) is 9.40. The van der Waals surface area contributed by atoms with Gasteiger partial charge in [0.1, 0.15) is 5.75 Å². The molecule has 3 aromatic rings. The van der Waals surface area contributed by atoms with E-state index in [9.17, 15) is 4.79 Å². The topological polar surface area (TPSA) is 114 Å². The third kappa shape index (κ3) is 3.60. The highest BCUT2D eigenvalue weighted by Gasteiger charge is 2.29. The van der Waals surface area contributed by atoms with Gasteiger partial charge in [-0.15, -0.1) is 0 Å². The summed E-state index contributed by atoms with van der Waals surface area (Å²) in [7, 11) is 1.62. The number of nitrogens with one attached hydrogen (secondary N) is 1. The first kappa shape index (κ1) is 18.8. The van der Waals surface area contributed by atoms with Gasteiger partial charge in [-0.2, -0.15) is 19.6 Å². The minimum atomic E-state index is -0.129. The number of fused-ring (bicyclic) bond motifs is 1. The number of anilines is 3. The van der Waals surface area contributed by atoms with Gasteiger partial charge >= 0.3 is 6.03 Å². The van der Waals surface area contributed by atoms with Crippen LogP contribution in [0.5, 0.6) is 5.75 Å².